The summed E-state index contributed by atoms with van der Waals surface area (Å²) in [6.45, 7) is 0. The van der Waals surface area contributed by atoms with Crippen molar-refractivity contribution in [3.8, 4) is 11.6 Å². The maximum absolute atomic E-state index is 13.7. The molecule has 0 aliphatic carbocycles. The lowest BCUT2D eigenvalue weighted by Gasteiger charge is -2.10. The molecular weight excluding hydrogens is 296 g/mol. The maximum Gasteiger partial charge on any atom is 0.227 e. The van der Waals surface area contributed by atoms with Gasteiger partial charge in [0.25, 0.3) is 0 Å². The predicted molar refractivity (Wildman–Crippen MR) is 77.7 cm³/mol. The average molecular weight is 306 g/mol. The normalized spacial score (nSPS) is 10.8. The van der Waals surface area contributed by atoms with Crippen LogP contribution < -0.4 is 4.74 Å². The van der Waals surface area contributed by atoms with Gasteiger partial charge in [-0.2, -0.15) is 4.39 Å². The van der Waals surface area contributed by atoms with Gasteiger partial charge in [0.05, 0.1) is 0 Å². The Morgan fingerprint density at radius 1 is 1.00 bits per heavy atom. The maximum atomic E-state index is 13.7. The zero-order chi connectivity index (χ0) is 14.8. The molecular formula is C16H10ClF2NO. The second kappa shape index (κ2) is 5.66. The summed E-state index contributed by atoms with van der Waals surface area (Å²) in [6, 6.07) is 11.1. The molecule has 3 rings (SSSR count). The van der Waals surface area contributed by atoms with E-state index in [1.807, 2.05) is 18.2 Å². The fraction of sp³-hybridized carbons (Fsp3) is 0.0625. The van der Waals surface area contributed by atoms with Gasteiger partial charge in [-0.25, -0.2) is 9.37 Å². The molecule has 0 radical (unpaired) electrons. The van der Waals surface area contributed by atoms with Gasteiger partial charge in [0.1, 0.15) is 0 Å². The Hall–Kier alpha value is -2.20. The van der Waals surface area contributed by atoms with Gasteiger partial charge >= 0.3 is 0 Å². The lowest BCUT2D eigenvalue weighted by molar-refractivity contribution is 0.409. The minimum atomic E-state index is -1.04. The molecule has 2 nitrogen and oxygen atoms in total. The number of fused-ring (bicyclic) bond motifs is 1. The van der Waals surface area contributed by atoms with Crippen LogP contribution >= 0.6 is 11.6 Å². The molecule has 0 unspecified atom stereocenters. The Balaban J connectivity index is 2.11. The molecule has 106 valence electrons. The van der Waals surface area contributed by atoms with E-state index < -0.39 is 11.6 Å². The van der Waals surface area contributed by atoms with Crippen LogP contribution in [0, 0.1) is 11.6 Å². The topological polar surface area (TPSA) is 22.1 Å². The molecule has 0 amide bonds. The van der Waals surface area contributed by atoms with Crippen molar-refractivity contribution in [2.24, 2.45) is 0 Å². The lowest BCUT2D eigenvalue weighted by Crippen LogP contribution is -1.95. The summed E-state index contributed by atoms with van der Waals surface area (Å²) >= 11 is 5.87. The van der Waals surface area contributed by atoms with Crippen LogP contribution in [-0.4, -0.2) is 4.98 Å². The molecule has 5 heteroatoms. The third kappa shape index (κ3) is 2.54. The molecule has 0 bridgehead atoms. The highest BCUT2D eigenvalue weighted by Gasteiger charge is 2.13. The van der Waals surface area contributed by atoms with Crippen molar-refractivity contribution >= 4 is 22.4 Å². The Labute approximate surface area is 125 Å². The standard InChI is InChI=1S/C16H10ClF2NO/c17-8-10-9-20-16(12-5-2-1-4-11(10)12)21-14-7-3-6-13(18)15(14)19/h1-7,9H,8H2. The highest BCUT2D eigenvalue weighted by Crippen LogP contribution is 2.31. The number of rotatable bonds is 3. The number of pyridine rings is 1. The minimum absolute atomic E-state index is 0.203. The summed E-state index contributed by atoms with van der Waals surface area (Å²) in [5, 5.41) is 1.56. The SMILES string of the molecule is Fc1cccc(Oc2ncc(CCl)c3ccccc23)c1F. The quantitative estimate of drug-likeness (QED) is 0.632. The average Bonchev–Trinajstić information content (AvgIpc) is 2.52. The molecule has 0 saturated carbocycles. The van der Waals surface area contributed by atoms with Crippen molar-refractivity contribution in [2.75, 3.05) is 0 Å². The van der Waals surface area contributed by atoms with Crippen LogP contribution in [0.25, 0.3) is 10.8 Å². The van der Waals surface area contributed by atoms with Crippen molar-refractivity contribution in [1.29, 1.82) is 0 Å². The second-order valence-corrected chi connectivity index (χ2v) is 4.69. The molecule has 2 aromatic carbocycles. The summed E-state index contributed by atoms with van der Waals surface area (Å²) in [5.74, 6) is -1.68. The number of benzene rings is 2. The first-order chi connectivity index (χ1) is 10.2. The lowest BCUT2D eigenvalue weighted by atomic mass is 10.1. The van der Waals surface area contributed by atoms with Crippen molar-refractivity contribution in [2.45, 2.75) is 5.88 Å². The van der Waals surface area contributed by atoms with Crippen LogP contribution in [0.3, 0.4) is 0 Å². The Morgan fingerprint density at radius 3 is 2.52 bits per heavy atom. The van der Waals surface area contributed by atoms with E-state index in [1.165, 1.54) is 12.1 Å². The summed E-state index contributed by atoms with van der Waals surface area (Å²) in [6.07, 6.45) is 1.57. The van der Waals surface area contributed by atoms with Crippen molar-refractivity contribution in [3.63, 3.8) is 0 Å². The zero-order valence-corrected chi connectivity index (χ0v) is 11.6. The smallest absolute Gasteiger partial charge is 0.227 e. The molecule has 0 N–H and O–H groups in total. The monoisotopic (exact) mass is 305 g/mol. The number of nitrogens with zero attached hydrogens (tertiary/aromatic N) is 1. The summed E-state index contributed by atoms with van der Waals surface area (Å²) in [5.41, 5.74) is 0.847. The molecule has 1 aromatic heterocycles. The highest BCUT2D eigenvalue weighted by atomic mass is 35.5. The van der Waals surface area contributed by atoms with Crippen molar-refractivity contribution < 1.29 is 13.5 Å². The number of ether oxygens (including phenoxy) is 1. The summed E-state index contributed by atoms with van der Waals surface area (Å²) in [4.78, 5) is 4.15. The van der Waals surface area contributed by atoms with Gasteiger partial charge in [-0.05, 0) is 29.1 Å². The van der Waals surface area contributed by atoms with Crippen LogP contribution in [0.15, 0.2) is 48.7 Å². The molecule has 0 spiro atoms. The van der Waals surface area contributed by atoms with E-state index in [4.69, 9.17) is 16.3 Å². The number of halogens is 3. The molecule has 3 aromatic rings. The predicted octanol–water partition coefficient (Wildman–Crippen LogP) is 5.04. The molecule has 1 heterocycles. The van der Waals surface area contributed by atoms with E-state index in [1.54, 1.807) is 12.3 Å². The van der Waals surface area contributed by atoms with E-state index in [0.717, 1.165) is 17.0 Å². The van der Waals surface area contributed by atoms with Gasteiger partial charge in [0.15, 0.2) is 11.6 Å². The third-order valence-electron chi connectivity index (χ3n) is 3.11. The van der Waals surface area contributed by atoms with Crippen LogP contribution in [0.1, 0.15) is 5.56 Å². The van der Waals surface area contributed by atoms with Crippen LogP contribution in [0.2, 0.25) is 0 Å². The summed E-state index contributed by atoms with van der Waals surface area (Å²) < 4.78 is 32.3. The number of alkyl halides is 1. The van der Waals surface area contributed by atoms with Gasteiger partial charge in [-0.15, -0.1) is 11.6 Å². The zero-order valence-electron chi connectivity index (χ0n) is 10.8. The van der Waals surface area contributed by atoms with Crippen LogP contribution in [-0.2, 0) is 5.88 Å². The van der Waals surface area contributed by atoms with E-state index in [0.29, 0.717) is 11.3 Å². The van der Waals surface area contributed by atoms with Crippen LogP contribution in [0.4, 0.5) is 8.78 Å². The number of aromatic nitrogens is 1. The molecule has 0 aliphatic rings. The van der Waals surface area contributed by atoms with E-state index in [2.05, 4.69) is 4.98 Å². The highest BCUT2D eigenvalue weighted by molar-refractivity contribution is 6.18. The van der Waals surface area contributed by atoms with Crippen LogP contribution in [0.5, 0.6) is 11.6 Å². The molecule has 0 saturated heterocycles. The second-order valence-electron chi connectivity index (χ2n) is 4.42. The van der Waals surface area contributed by atoms with Crippen molar-refractivity contribution in [1.82, 2.24) is 4.98 Å². The molecule has 0 fully saturated rings. The van der Waals surface area contributed by atoms with Gasteiger partial charge in [-0.1, -0.05) is 24.3 Å². The number of hydrogen-bond acceptors (Lipinski definition) is 2. The Bertz CT molecular complexity index is 807. The van der Waals surface area contributed by atoms with Gasteiger partial charge in [0.2, 0.25) is 11.7 Å². The Kier molecular flexibility index (Phi) is 3.71. The van der Waals surface area contributed by atoms with Gasteiger partial charge in [0, 0.05) is 17.5 Å². The van der Waals surface area contributed by atoms with Crippen molar-refractivity contribution in [3.05, 3.63) is 65.9 Å². The van der Waals surface area contributed by atoms with Gasteiger partial charge in [-0.3, -0.25) is 0 Å². The molecule has 0 atom stereocenters. The first-order valence-corrected chi connectivity index (χ1v) is 6.78. The third-order valence-corrected chi connectivity index (χ3v) is 3.40. The largest absolute Gasteiger partial charge is 0.435 e. The van der Waals surface area contributed by atoms with E-state index in [-0.39, 0.29) is 11.6 Å². The molecule has 21 heavy (non-hydrogen) atoms. The summed E-state index contributed by atoms with van der Waals surface area (Å²) in [7, 11) is 0. The minimum Gasteiger partial charge on any atom is -0.435 e. The van der Waals surface area contributed by atoms with Gasteiger partial charge < -0.3 is 4.74 Å². The van der Waals surface area contributed by atoms with E-state index >= 15 is 0 Å². The first kappa shape index (κ1) is 13.8. The fourth-order valence-corrected chi connectivity index (χ4v) is 2.29. The Morgan fingerprint density at radius 2 is 1.76 bits per heavy atom. The fourth-order valence-electron chi connectivity index (χ4n) is 2.08. The first-order valence-electron chi connectivity index (χ1n) is 6.25. The number of hydrogen-bond donors (Lipinski definition) is 0. The van der Waals surface area contributed by atoms with E-state index in [9.17, 15) is 8.78 Å². The molecule has 0 aliphatic heterocycles.